The highest BCUT2D eigenvalue weighted by molar-refractivity contribution is 6.32. The number of amides is 4. The summed E-state index contributed by atoms with van der Waals surface area (Å²) in [5, 5.41) is 0. The van der Waals surface area contributed by atoms with E-state index in [1.165, 1.54) is 29.4 Å². The van der Waals surface area contributed by atoms with Crippen molar-refractivity contribution in [2.75, 3.05) is 22.9 Å². The highest BCUT2D eigenvalue weighted by Crippen LogP contribution is 2.56. The van der Waals surface area contributed by atoms with Crippen molar-refractivity contribution in [3.05, 3.63) is 48.3 Å². The van der Waals surface area contributed by atoms with Crippen molar-refractivity contribution >= 4 is 29.2 Å². The van der Waals surface area contributed by atoms with Crippen LogP contribution in [0, 0.1) is 5.92 Å². The molecule has 0 bridgehead atoms. The van der Waals surface area contributed by atoms with Crippen LogP contribution >= 0.6 is 0 Å². The molecule has 4 amide bonds. The standard InChI is InChI=1S/C24H23F3N4O4/c1-15-13-23(15)21(33)30(16-5-7-17(8-6-16)35-24(25,26)27)22(34)31(23)19-9-10-28-14-18(19)20(32)29-11-3-2-4-12-29/h5-10,14-15H,2-4,11-13H2,1H3. The monoisotopic (exact) mass is 488 g/mol. The van der Waals surface area contributed by atoms with Crippen LogP contribution < -0.4 is 14.5 Å². The van der Waals surface area contributed by atoms with Crippen LogP contribution in [0.1, 0.15) is 43.0 Å². The summed E-state index contributed by atoms with van der Waals surface area (Å²) in [6.07, 6.45) is 1.26. The molecule has 3 fully saturated rings. The first-order chi connectivity index (χ1) is 16.6. The molecular weight excluding hydrogens is 465 g/mol. The summed E-state index contributed by atoms with van der Waals surface area (Å²) in [6.45, 7) is 3.06. The van der Waals surface area contributed by atoms with E-state index in [0.29, 0.717) is 25.2 Å². The molecule has 2 unspecified atom stereocenters. The number of rotatable bonds is 4. The number of anilines is 2. The maximum atomic E-state index is 13.7. The molecule has 1 aliphatic carbocycles. The average molecular weight is 488 g/mol. The summed E-state index contributed by atoms with van der Waals surface area (Å²) in [7, 11) is 0. The van der Waals surface area contributed by atoms with Gasteiger partial charge in [-0.3, -0.25) is 19.5 Å². The minimum absolute atomic E-state index is 0.119. The number of nitrogens with zero attached hydrogens (tertiary/aromatic N) is 4. The van der Waals surface area contributed by atoms with Crippen LogP contribution in [0.2, 0.25) is 0 Å². The highest BCUT2D eigenvalue weighted by Gasteiger charge is 2.71. The lowest BCUT2D eigenvalue weighted by Gasteiger charge is -2.29. The summed E-state index contributed by atoms with van der Waals surface area (Å²) in [5.41, 5.74) is -0.493. The number of carbonyl (C=O) groups is 3. The molecule has 2 atom stereocenters. The zero-order chi connectivity index (χ0) is 25.0. The number of ether oxygens (including phenoxy) is 1. The van der Waals surface area contributed by atoms with Gasteiger partial charge in [0.2, 0.25) is 0 Å². The van der Waals surface area contributed by atoms with Crippen molar-refractivity contribution in [1.29, 1.82) is 0 Å². The zero-order valence-electron chi connectivity index (χ0n) is 18.9. The lowest BCUT2D eigenvalue weighted by Crippen LogP contribution is -2.41. The first-order valence-electron chi connectivity index (χ1n) is 11.4. The van der Waals surface area contributed by atoms with Gasteiger partial charge < -0.3 is 9.64 Å². The molecule has 184 valence electrons. The third-order valence-corrected chi connectivity index (χ3v) is 6.87. The van der Waals surface area contributed by atoms with Crippen molar-refractivity contribution < 1.29 is 32.3 Å². The Morgan fingerprint density at radius 2 is 1.74 bits per heavy atom. The fraction of sp³-hybridized carbons (Fsp3) is 0.417. The van der Waals surface area contributed by atoms with E-state index < -0.39 is 29.6 Å². The number of benzene rings is 1. The zero-order valence-corrected chi connectivity index (χ0v) is 18.9. The van der Waals surface area contributed by atoms with Gasteiger partial charge in [0, 0.05) is 25.5 Å². The normalized spacial score (nSPS) is 24.3. The second-order valence-electron chi connectivity index (χ2n) is 9.08. The van der Waals surface area contributed by atoms with E-state index in [4.69, 9.17) is 0 Å². The fourth-order valence-corrected chi connectivity index (χ4v) is 5.02. The number of pyridine rings is 1. The van der Waals surface area contributed by atoms with Crippen molar-refractivity contribution in [1.82, 2.24) is 9.88 Å². The van der Waals surface area contributed by atoms with Gasteiger partial charge in [-0.2, -0.15) is 0 Å². The molecule has 35 heavy (non-hydrogen) atoms. The van der Waals surface area contributed by atoms with Gasteiger partial charge in [-0.15, -0.1) is 13.2 Å². The molecule has 8 nitrogen and oxygen atoms in total. The summed E-state index contributed by atoms with van der Waals surface area (Å²) in [5.74, 6) is -1.35. The van der Waals surface area contributed by atoms with Crippen molar-refractivity contribution in [2.45, 2.75) is 44.5 Å². The second-order valence-corrected chi connectivity index (χ2v) is 9.08. The minimum Gasteiger partial charge on any atom is -0.406 e. The third kappa shape index (κ3) is 3.88. The number of hydrogen-bond donors (Lipinski definition) is 0. The predicted octanol–water partition coefficient (Wildman–Crippen LogP) is 4.36. The summed E-state index contributed by atoms with van der Waals surface area (Å²) < 4.78 is 41.4. The number of halogens is 3. The molecule has 2 saturated heterocycles. The number of urea groups is 1. The summed E-state index contributed by atoms with van der Waals surface area (Å²) >= 11 is 0. The maximum Gasteiger partial charge on any atom is 0.573 e. The number of hydrogen-bond acceptors (Lipinski definition) is 5. The first-order valence-corrected chi connectivity index (χ1v) is 11.4. The topological polar surface area (TPSA) is 83.0 Å². The molecule has 0 N–H and O–H groups in total. The predicted molar refractivity (Wildman–Crippen MR) is 119 cm³/mol. The number of likely N-dealkylation sites (tertiary alicyclic amines) is 1. The number of alkyl halides is 3. The van der Waals surface area contributed by atoms with Gasteiger partial charge in [0.25, 0.3) is 11.8 Å². The SMILES string of the molecule is CC1CC12C(=O)N(c1ccc(OC(F)(F)F)cc1)C(=O)N2c1ccncc1C(=O)N1CCCCC1. The highest BCUT2D eigenvalue weighted by atomic mass is 19.4. The van der Waals surface area contributed by atoms with Gasteiger partial charge in [-0.1, -0.05) is 6.92 Å². The van der Waals surface area contributed by atoms with Gasteiger partial charge in [-0.05, 0) is 61.9 Å². The lowest BCUT2D eigenvalue weighted by atomic mass is 10.1. The molecule has 3 heterocycles. The van der Waals surface area contributed by atoms with Crippen molar-refractivity contribution in [3.63, 3.8) is 0 Å². The average Bonchev–Trinajstić information content (AvgIpc) is 3.45. The molecule has 1 spiro atoms. The molecule has 1 aromatic carbocycles. The largest absolute Gasteiger partial charge is 0.573 e. The van der Waals surface area contributed by atoms with E-state index in [2.05, 4.69) is 9.72 Å². The van der Waals surface area contributed by atoms with Crippen LogP contribution in [0.5, 0.6) is 5.75 Å². The van der Waals surface area contributed by atoms with Gasteiger partial charge >= 0.3 is 12.4 Å². The Morgan fingerprint density at radius 3 is 2.34 bits per heavy atom. The van der Waals surface area contributed by atoms with E-state index in [9.17, 15) is 27.6 Å². The molecule has 5 rings (SSSR count). The maximum absolute atomic E-state index is 13.7. The van der Waals surface area contributed by atoms with Crippen LogP contribution in [0.3, 0.4) is 0 Å². The molecule has 0 radical (unpaired) electrons. The smallest absolute Gasteiger partial charge is 0.406 e. The number of imide groups is 1. The van der Waals surface area contributed by atoms with Crippen LogP contribution in [0.25, 0.3) is 0 Å². The third-order valence-electron chi connectivity index (χ3n) is 6.87. The Balaban J connectivity index is 1.50. The molecular formula is C24H23F3N4O4. The van der Waals surface area contributed by atoms with Crippen molar-refractivity contribution in [2.24, 2.45) is 5.92 Å². The van der Waals surface area contributed by atoms with Gasteiger partial charge in [0.1, 0.15) is 11.3 Å². The van der Waals surface area contributed by atoms with Crippen molar-refractivity contribution in [3.8, 4) is 5.75 Å². The first kappa shape index (κ1) is 23.1. The molecule has 2 aromatic rings. The lowest BCUT2D eigenvalue weighted by molar-refractivity contribution is -0.274. The van der Waals surface area contributed by atoms with Crippen LogP contribution in [0.4, 0.5) is 29.3 Å². The van der Waals surface area contributed by atoms with E-state index in [-0.39, 0.29) is 23.1 Å². The number of aromatic nitrogens is 1. The van der Waals surface area contributed by atoms with E-state index in [0.717, 1.165) is 36.3 Å². The van der Waals surface area contributed by atoms with Gasteiger partial charge in [-0.25, -0.2) is 9.69 Å². The molecule has 3 aliphatic rings. The Labute approximate surface area is 199 Å². The molecule has 11 heteroatoms. The summed E-state index contributed by atoms with van der Waals surface area (Å²) in [4.78, 5) is 48.6. The van der Waals surface area contributed by atoms with Gasteiger partial charge in [0.15, 0.2) is 0 Å². The van der Waals surface area contributed by atoms with Gasteiger partial charge in [0.05, 0.1) is 16.9 Å². The quantitative estimate of drug-likeness (QED) is 0.598. The Kier molecular flexibility index (Phi) is 5.45. The molecule has 1 saturated carbocycles. The molecule has 2 aliphatic heterocycles. The van der Waals surface area contributed by atoms with Crippen LogP contribution in [-0.2, 0) is 4.79 Å². The Hall–Kier alpha value is -3.63. The van der Waals surface area contributed by atoms with E-state index in [1.54, 1.807) is 11.0 Å². The summed E-state index contributed by atoms with van der Waals surface area (Å²) in [6, 6.07) is 5.45. The van der Waals surface area contributed by atoms with E-state index in [1.807, 2.05) is 6.92 Å². The number of carbonyl (C=O) groups excluding carboxylic acids is 3. The van der Waals surface area contributed by atoms with E-state index >= 15 is 0 Å². The molecule has 1 aromatic heterocycles. The number of piperidine rings is 1. The van der Waals surface area contributed by atoms with Crippen LogP contribution in [0.15, 0.2) is 42.7 Å². The fourth-order valence-electron chi connectivity index (χ4n) is 5.02. The Bertz CT molecular complexity index is 1180. The Morgan fingerprint density at radius 1 is 1.09 bits per heavy atom. The second kappa shape index (κ2) is 8.24. The van der Waals surface area contributed by atoms with Crippen LogP contribution in [-0.4, -0.2) is 52.7 Å². The minimum atomic E-state index is -4.86.